The minimum atomic E-state index is -2.51. The largest absolute Gasteiger partial charge is 0.265 e. The molecule has 0 aliphatic heterocycles. The van der Waals surface area contributed by atoms with E-state index in [9.17, 15) is 8.78 Å². The molecular formula is C10H7ClF2S. The Morgan fingerprint density at radius 2 is 2.14 bits per heavy atom. The maximum atomic E-state index is 12.6. The molecule has 1 heterocycles. The molecule has 0 aliphatic rings. The van der Waals surface area contributed by atoms with Gasteiger partial charge in [0, 0.05) is 15.6 Å². The Bertz CT molecular complexity index is 476. The summed E-state index contributed by atoms with van der Waals surface area (Å²) >= 11 is 7.42. The van der Waals surface area contributed by atoms with Crippen LogP contribution in [0, 0.1) is 6.92 Å². The van der Waals surface area contributed by atoms with Crippen molar-refractivity contribution in [3.05, 3.63) is 33.7 Å². The second-order valence-corrected chi connectivity index (χ2v) is 4.38. The standard InChI is InChI=1S/C10H7ClF2S/c1-5-4-7-6(2-3-14-7)9(11)8(5)10(12)13/h2-4,10H,1H3. The first-order chi connectivity index (χ1) is 6.61. The fraction of sp³-hybridized carbons (Fsp3) is 0.200. The van der Waals surface area contributed by atoms with Crippen LogP contribution in [0.1, 0.15) is 17.6 Å². The van der Waals surface area contributed by atoms with Crippen LogP contribution in [0.5, 0.6) is 0 Å². The van der Waals surface area contributed by atoms with Gasteiger partial charge in [-0.2, -0.15) is 0 Å². The number of hydrogen-bond donors (Lipinski definition) is 0. The fourth-order valence-corrected chi connectivity index (χ4v) is 2.82. The average molecular weight is 233 g/mol. The predicted molar refractivity (Wildman–Crippen MR) is 56.5 cm³/mol. The second-order valence-electron chi connectivity index (χ2n) is 3.05. The van der Waals surface area contributed by atoms with Crippen LogP contribution < -0.4 is 0 Å². The quantitative estimate of drug-likeness (QED) is 0.663. The van der Waals surface area contributed by atoms with Gasteiger partial charge in [-0.1, -0.05) is 11.6 Å². The molecule has 0 fully saturated rings. The van der Waals surface area contributed by atoms with Crippen LogP contribution in [-0.4, -0.2) is 0 Å². The molecule has 2 aromatic rings. The van der Waals surface area contributed by atoms with Gasteiger partial charge in [0.25, 0.3) is 6.43 Å². The first kappa shape index (κ1) is 9.87. The molecule has 0 unspecified atom stereocenters. The number of halogens is 3. The molecule has 0 saturated heterocycles. The Balaban J connectivity index is 2.82. The van der Waals surface area contributed by atoms with Crippen molar-refractivity contribution in [3.63, 3.8) is 0 Å². The molecule has 0 saturated carbocycles. The topological polar surface area (TPSA) is 0 Å². The van der Waals surface area contributed by atoms with E-state index in [4.69, 9.17) is 11.6 Å². The van der Waals surface area contributed by atoms with Gasteiger partial charge < -0.3 is 0 Å². The molecule has 0 bridgehead atoms. The molecular weight excluding hydrogens is 226 g/mol. The van der Waals surface area contributed by atoms with E-state index in [1.807, 2.05) is 5.38 Å². The van der Waals surface area contributed by atoms with E-state index in [1.54, 1.807) is 19.1 Å². The van der Waals surface area contributed by atoms with E-state index in [2.05, 4.69) is 0 Å². The summed E-state index contributed by atoms with van der Waals surface area (Å²) in [6, 6.07) is 3.53. The number of benzene rings is 1. The predicted octanol–water partition coefficient (Wildman–Crippen LogP) is 4.80. The average Bonchev–Trinajstić information content (AvgIpc) is 2.50. The highest BCUT2D eigenvalue weighted by molar-refractivity contribution is 7.17. The lowest BCUT2D eigenvalue weighted by Crippen LogP contribution is -1.91. The maximum Gasteiger partial charge on any atom is 0.265 e. The lowest BCUT2D eigenvalue weighted by Gasteiger charge is -2.08. The molecule has 74 valence electrons. The van der Waals surface area contributed by atoms with E-state index in [0.29, 0.717) is 5.56 Å². The zero-order chi connectivity index (χ0) is 10.3. The molecule has 2 rings (SSSR count). The zero-order valence-electron chi connectivity index (χ0n) is 7.35. The highest BCUT2D eigenvalue weighted by atomic mass is 35.5. The van der Waals surface area contributed by atoms with Crippen molar-refractivity contribution in [2.75, 3.05) is 0 Å². The van der Waals surface area contributed by atoms with E-state index in [-0.39, 0.29) is 10.6 Å². The highest BCUT2D eigenvalue weighted by Gasteiger charge is 2.17. The Morgan fingerprint density at radius 3 is 2.79 bits per heavy atom. The summed E-state index contributed by atoms with van der Waals surface area (Å²) in [5.41, 5.74) is 0.512. The minimum absolute atomic E-state index is 0.0439. The number of hydrogen-bond acceptors (Lipinski definition) is 1. The van der Waals surface area contributed by atoms with Crippen LogP contribution in [0.3, 0.4) is 0 Å². The molecule has 0 aliphatic carbocycles. The minimum Gasteiger partial charge on any atom is -0.205 e. The number of aryl methyl sites for hydroxylation is 1. The van der Waals surface area contributed by atoms with Gasteiger partial charge in [-0.3, -0.25) is 0 Å². The maximum absolute atomic E-state index is 12.6. The van der Waals surface area contributed by atoms with Crippen molar-refractivity contribution in [3.8, 4) is 0 Å². The zero-order valence-corrected chi connectivity index (χ0v) is 8.92. The third-order valence-corrected chi connectivity index (χ3v) is 3.43. The van der Waals surface area contributed by atoms with E-state index in [0.717, 1.165) is 10.1 Å². The van der Waals surface area contributed by atoms with Crippen molar-refractivity contribution >= 4 is 33.0 Å². The lowest BCUT2D eigenvalue weighted by molar-refractivity contribution is 0.151. The van der Waals surface area contributed by atoms with Gasteiger partial charge in [-0.05, 0) is 30.0 Å². The monoisotopic (exact) mass is 232 g/mol. The number of thiophene rings is 1. The van der Waals surface area contributed by atoms with Gasteiger partial charge in [-0.25, -0.2) is 8.78 Å². The van der Waals surface area contributed by atoms with Crippen LogP contribution in [-0.2, 0) is 0 Å². The molecule has 0 spiro atoms. The molecule has 0 N–H and O–H groups in total. The summed E-state index contributed by atoms with van der Waals surface area (Å²) < 4.78 is 26.2. The van der Waals surface area contributed by atoms with Crippen molar-refractivity contribution < 1.29 is 8.78 Å². The van der Waals surface area contributed by atoms with Gasteiger partial charge >= 0.3 is 0 Å². The van der Waals surface area contributed by atoms with Crippen LogP contribution in [0.2, 0.25) is 5.02 Å². The fourth-order valence-electron chi connectivity index (χ4n) is 1.47. The summed E-state index contributed by atoms with van der Waals surface area (Å²) in [7, 11) is 0. The van der Waals surface area contributed by atoms with Gasteiger partial charge in [0.1, 0.15) is 0 Å². The van der Waals surface area contributed by atoms with Gasteiger partial charge in [0.15, 0.2) is 0 Å². The lowest BCUT2D eigenvalue weighted by atomic mass is 10.1. The summed E-state index contributed by atoms with van der Waals surface area (Å²) in [5, 5.41) is 2.76. The second kappa shape index (κ2) is 3.48. The van der Waals surface area contributed by atoms with Gasteiger partial charge in [0.2, 0.25) is 0 Å². The molecule has 1 aromatic heterocycles. The van der Waals surface area contributed by atoms with Crippen LogP contribution in [0.25, 0.3) is 10.1 Å². The molecule has 4 heteroatoms. The Morgan fingerprint density at radius 1 is 1.43 bits per heavy atom. The molecule has 14 heavy (non-hydrogen) atoms. The SMILES string of the molecule is Cc1cc2sccc2c(Cl)c1C(F)F. The third kappa shape index (κ3) is 1.41. The van der Waals surface area contributed by atoms with E-state index < -0.39 is 6.43 Å². The molecule has 0 nitrogen and oxygen atoms in total. The summed E-state index contributed by atoms with van der Waals surface area (Å²) in [5.74, 6) is 0. The Kier molecular flexibility index (Phi) is 2.45. The third-order valence-electron chi connectivity index (χ3n) is 2.16. The van der Waals surface area contributed by atoms with Gasteiger partial charge in [0.05, 0.1) is 5.02 Å². The highest BCUT2D eigenvalue weighted by Crippen LogP contribution is 2.37. The normalized spacial score (nSPS) is 11.5. The Hall–Kier alpha value is -0.670. The van der Waals surface area contributed by atoms with Crippen LogP contribution in [0.15, 0.2) is 17.5 Å². The molecule has 1 aromatic carbocycles. The molecule has 0 radical (unpaired) electrons. The smallest absolute Gasteiger partial charge is 0.205 e. The van der Waals surface area contributed by atoms with Crippen molar-refractivity contribution in [2.24, 2.45) is 0 Å². The molecule has 0 atom stereocenters. The summed E-state index contributed by atoms with van der Waals surface area (Å²) in [6.07, 6.45) is -2.51. The van der Waals surface area contributed by atoms with Crippen LogP contribution >= 0.6 is 22.9 Å². The number of fused-ring (bicyclic) bond motifs is 1. The summed E-state index contributed by atoms with van der Waals surface area (Å²) in [6.45, 7) is 1.66. The summed E-state index contributed by atoms with van der Waals surface area (Å²) in [4.78, 5) is 0. The first-order valence-electron chi connectivity index (χ1n) is 4.05. The number of rotatable bonds is 1. The first-order valence-corrected chi connectivity index (χ1v) is 5.31. The van der Waals surface area contributed by atoms with Crippen LogP contribution in [0.4, 0.5) is 8.78 Å². The number of alkyl halides is 2. The van der Waals surface area contributed by atoms with Gasteiger partial charge in [-0.15, -0.1) is 11.3 Å². The van der Waals surface area contributed by atoms with E-state index >= 15 is 0 Å². The van der Waals surface area contributed by atoms with Crippen molar-refractivity contribution in [2.45, 2.75) is 13.3 Å². The Labute approximate surface area is 89.1 Å². The van der Waals surface area contributed by atoms with Crippen molar-refractivity contribution in [1.29, 1.82) is 0 Å². The van der Waals surface area contributed by atoms with Crippen molar-refractivity contribution in [1.82, 2.24) is 0 Å². The van der Waals surface area contributed by atoms with E-state index in [1.165, 1.54) is 11.3 Å². The molecule has 0 amide bonds.